The second kappa shape index (κ2) is 9.63. The van der Waals surface area contributed by atoms with Crippen LogP contribution in [0.15, 0.2) is 71.6 Å². The van der Waals surface area contributed by atoms with Crippen LogP contribution in [0.3, 0.4) is 0 Å². The first-order chi connectivity index (χ1) is 14.8. The van der Waals surface area contributed by atoms with Crippen LogP contribution < -0.4 is 19.5 Å². The molecule has 0 atom stereocenters. The van der Waals surface area contributed by atoms with Gasteiger partial charge in [0.1, 0.15) is 11.5 Å². The largest absolute Gasteiger partial charge is 0.497 e. The van der Waals surface area contributed by atoms with Gasteiger partial charge in [0.25, 0.3) is 0 Å². The molecule has 3 aromatic carbocycles. The van der Waals surface area contributed by atoms with Crippen molar-refractivity contribution < 1.29 is 22.7 Å². The molecule has 7 nitrogen and oxygen atoms in total. The molecule has 0 aliphatic carbocycles. The van der Waals surface area contributed by atoms with Gasteiger partial charge in [0.2, 0.25) is 15.9 Å². The third kappa shape index (κ3) is 5.42. The first-order valence-electron chi connectivity index (χ1n) is 9.51. The summed E-state index contributed by atoms with van der Waals surface area (Å²) in [6.07, 6.45) is 0. The molecule has 1 amide bonds. The van der Waals surface area contributed by atoms with Gasteiger partial charge in [-0.15, -0.1) is 0 Å². The first kappa shape index (κ1) is 22.3. The van der Waals surface area contributed by atoms with Gasteiger partial charge in [-0.1, -0.05) is 42.5 Å². The van der Waals surface area contributed by atoms with Crippen LogP contribution in [0.4, 0.5) is 5.69 Å². The average Bonchev–Trinajstić information content (AvgIpc) is 2.77. The van der Waals surface area contributed by atoms with E-state index in [4.69, 9.17) is 9.47 Å². The summed E-state index contributed by atoms with van der Waals surface area (Å²) < 4.78 is 39.7. The number of sulfonamides is 1. The van der Waals surface area contributed by atoms with Crippen molar-refractivity contribution in [1.29, 1.82) is 0 Å². The predicted molar refractivity (Wildman–Crippen MR) is 120 cm³/mol. The fourth-order valence-corrected chi connectivity index (χ4v) is 4.39. The molecule has 0 fully saturated rings. The van der Waals surface area contributed by atoms with E-state index in [1.807, 2.05) is 30.3 Å². The predicted octanol–water partition coefficient (Wildman–Crippen LogP) is 3.81. The zero-order valence-corrected chi connectivity index (χ0v) is 18.3. The van der Waals surface area contributed by atoms with Crippen molar-refractivity contribution in [2.75, 3.05) is 19.5 Å². The van der Waals surface area contributed by atoms with Crippen molar-refractivity contribution in [3.05, 3.63) is 72.3 Å². The summed E-state index contributed by atoms with van der Waals surface area (Å²) in [4.78, 5) is 11.5. The maximum absolute atomic E-state index is 13.3. The van der Waals surface area contributed by atoms with Crippen molar-refractivity contribution in [3.8, 4) is 22.6 Å². The summed E-state index contributed by atoms with van der Waals surface area (Å²) in [5.41, 5.74) is 2.34. The molecule has 8 heteroatoms. The summed E-state index contributed by atoms with van der Waals surface area (Å²) in [6, 6.07) is 19.2. The number of nitrogens with one attached hydrogen (secondary N) is 2. The summed E-state index contributed by atoms with van der Waals surface area (Å²) in [5, 5.41) is 2.64. The Morgan fingerprint density at radius 2 is 1.68 bits per heavy atom. The molecule has 0 aliphatic heterocycles. The lowest BCUT2D eigenvalue weighted by molar-refractivity contribution is -0.114. The zero-order valence-electron chi connectivity index (χ0n) is 17.5. The van der Waals surface area contributed by atoms with Crippen molar-refractivity contribution in [2.45, 2.75) is 18.4 Å². The monoisotopic (exact) mass is 440 g/mol. The second-order valence-corrected chi connectivity index (χ2v) is 8.50. The van der Waals surface area contributed by atoms with Crippen LogP contribution in [0.5, 0.6) is 11.5 Å². The van der Waals surface area contributed by atoms with Gasteiger partial charge >= 0.3 is 0 Å². The van der Waals surface area contributed by atoms with E-state index in [1.165, 1.54) is 20.1 Å². The number of benzene rings is 3. The number of hydrogen-bond donors (Lipinski definition) is 2. The van der Waals surface area contributed by atoms with Gasteiger partial charge in [0.15, 0.2) is 0 Å². The molecule has 0 saturated carbocycles. The first-order valence-corrected chi connectivity index (χ1v) is 11.0. The summed E-state index contributed by atoms with van der Waals surface area (Å²) in [6.45, 7) is 1.39. The number of hydrogen-bond acceptors (Lipinski definition) is 5. The smallest absolute Gasteiger partial charge is 0.241 e. The minimum absolute atomic E-state index is 0.0219. The normalized spacial score (nSPS) is 11.1. The van der Waals surface area contributed by atoms with Crippen LogP contribution in [0, 0.1) is 0 Å². The van der Waals surface area contributed by atoms with E-state index in [-0.39, 0.29) is 17.3 Å². The number of rotatable bonds is 8. The van der Waals surface area contributed by atoms with Crippen LogP contribution in [-0.2, 0) is 21.4 Å². The van der Waals surface area contributed by atoms with Gasteiger partial charge in [-0.25, -0.2) is 13.1 Å². The van der Waals surface area contributed by atoms with E-state index in [2.05, 4.69) is 10.0 Å². The summed E-state index contributed by atoms with van der Waals surface area (Å²) in [5.74, 6) is 0.835. The minimum Gasteiger partial charge on any atom is -0.497 e. The van der Waals surface area contributed by atoms with Gasteiger partial charge in [-0.2, -0.15) is 0 Å². The van der Waals surface area contributed by atoms with Gasteiger partial charge in [-0.05, 0) is 23.8 Å². The third-order valence-electron chi connectivity index (χ3n) is 4.62. The molecular formula is C23H24N2O5S. The lowest BCUT2D eigenvalue weighted by Gasteiger charge is -2.15. The molecule has 0 bridgehead atoms. The molecule has 31 heavy (non-hydrogen) atoms. The number of carbonyl (C=O) groups is 1. The van der Waals surface area contributed by atoms with Gasteiger partial charge < -0.3 is 14.8 Å². The van der Waals surface area contributed by atoms with E-state index < -0.39 is 10.0 Å². The number of methoxy groups -OCH3 is 2. The Bertz CT molecular complexity index is 1180. The van der Waals surface area contributed by atoms with E-state index in [1.54, 1.807) is 37.4 Å². The topological polar surface area (TPSA) is 93.7 Å². The summed E-state index contributed by atoms with van der Waals surface area (Å²) >= 11 is 0. The SMILES string of the molecule is COc1ccc(CNS(=O)(=O)c2cc(NC(C)=O)ccc2-c2ccccc2)c(OC)c1. The van der Waals surface area contributed by atoms with E-state index in [0.29, 0.717) is 28.3 Å². The van der Waals surface area contributed by atoms with Crippen LogP contribution in [-0.4, -0.2) is 28.5 Å². The highest BCUT2D eigenvalue weighted by molar-refractivity contribution is 7.89. The average molecular weight is 441 g/mol. The number of anilines is 1. The van der Waals surface area contributed by atoms with Crippen molar-refractivity contribution in [3.63, 3.8) is 0 Å². The molecular weight excluding hydrogens is 416 g/mol. The maximum atomic E-state index is 13.3. The fraction of sp³-hybridized carbons (Fsp3) is 0.174. The van der Waals surface area contributed by atoms with E-state index in [9.17, 15) is 13.2 Å². The van der Waals surface area contributed by atoms with Crippen molar-refractivity contribution >= 4 is 21.6 Å². The van der Waals surface area contributed by atoms with Crippen molar-refractivity contribution in [2.24, 2.45) is 0 Å². The highest BCUT2D eigenvalue weighted by atomic mass is 32.2. The van der Waals surface area contributed by atoms with Crippen LogP contribution in [0.25, 0.3) is 11.1 Å². The molecule has 0 aromatic heterocycles. The highest BCUT2D eigenvalue weighted by Gasteiger charge is 2.21. The zero-order chi connectivity index (χ0) is 22.4. The Hall–Kier alpha value is -3.36. The van der Waals surface area contributed by atoms with Gasteiger partial charge in [0, 0.05) is 36.3 Å². The minimum atomic E-state index is -3.92. The Morgan fingerprint density at radius 1 is 0.935 bits per heavy atom. The fourth-order valence-electron chi connectivity index (χ4n) is 3.13. The van der Waals surface area contributed by atoms with Gasteiger partial charge in [0.05, 0.1) is 19.1 Å². The number of carbonyl (C=O) groups excluding carboxylic acids is 1. The number of ether oxygens (including phenoxy) is 2. The maximum Gasteiger partial charge on any atom is 0.241 e. The van der Waals surface area contributed by atoms with Crippen LogP contribution in [0.1, 0.15) is 12.5 Å². The van der Waals surface area contributed by atoms with E-state index in [0.717, 1.165) is 5.56 Å². The molecule has 3 aromatic rings. The van der Waals surface area contributed by atoms with Crippen LogP contribution in [0.2, 0.25) is 0 Å². The van der Waals surface area contributed by atoms with Crippen LogP contribution >= 0.6 is 0 Å². The molecule has 0 unspecified atom stereocenters. The molecule has 2 N–H and O–H groups in total. The molecule has 0 heterocycles. The molecule has 0 saturated heterocycles. The lowest BCUT2D eigenvalue weighted by atomic mass is 10.1. The molecule has 0 radical (unpaired) electrons. The van der Waals surface area contributed by atoms with Crippen molar-refractivity contribution in [1.82, 2.24) is 4.72 Å². The Balaban J connectivity index is 1.98. The van der Waals surface area contributed by atoms with E-state index >= 15 is 0 Å². The second-order valence-electron chi connectivity index (χ2n) is 6.76. The molecule has 3 rings (SSSR count). The number of amides is 1. The third-order valence-corrected chi connectivity index (χ3v) is 6.06. The van der Waals surface area contributed by atoms with Gasteiger partial charge in [-0.3, -0.25) is 4.79 Å². The standard InChI is InChI=1S/C23H24N2O5S/c1-16(26)25-19-10-12-21(17-7-5-4-6-8-17)23(13-19)31(27,28)24-15-18-9-11-20(29-2)14-22(18)30-3/h4-14,24H,15H2,1-3H3,(H,25,26). The molecule has 0 aliphatic rings. The lowest BCUT2D eigenvalue weighted by Crippen LogP contribution is -2.24. The Kier molecular flexibility index (Phi) is 6.94. The highest BCUT2D eigenvalue weighted by Crippen LogP contribution is 2.31. The quantitative estimate of drug-likeness (QED) is 0.556. The molecule has 0 spiro atoms. The summed E-state index contributed by atoms with van der Waals surface area (Å²) in [7, 11) is -0.867. The molecule has 162 valence electrons. The Morgan fingerprint density at radius 3 is 2.32 bits per heavy atom. The Labute approximate surface area is 182 Å².